The highest BCUT2D eigenvalue weighted by atomic mass is 16.5. The minimum atomic E-state index is -0.216. The van der Waals surface area contributed by atoms with Crippen LogP contribution < -0.4 is 0 Å². The fourth-order valence-corrected chi connectivity index (χ4v) is 2.90. The Kier molecular flexibility index (Phi) is 2.91. The Morgan fingerprint density at radius 3 is 2.87 bits per heavy atom. The Labute approximate surface area is 92.3 Å². The van der Waals surface area contributed by atoms with E-state index in [-0.39, 0.29) is 11.7 Å². The summed E-state index contributed by atoms with van der Waals surface area (Å²) in [4.78, 5) is 0. The van der Waals surface area contributed by atoms with Crippen molar-refractivity contribution in [3.63, 3.8) is 0 Å². The molecule has 0 amide bonds. The molecule has 1 N–H and O–H groups in total. The lowest BCUT2D eigenvalue weighted by Gasteiger charge is -2.46. The van der Waals surface area contributed by atoms with Gasteiger partial charge in [-0.2, -0.15) is 0 Å². The first kappa shape index (κ1) is 11.2. The molecule has 2 nitrogen and oxygen atoms in total. The van der Waals surface area contributed by atoms with Crippen LogP contribution in [0.2, 0.25) is 0 Å². The maximum atomic E-state index is 9.49. The third-order valence-electron chi connectivity index (χ3n) is 4.13. The molecular formula is C13H22O2. The van der Waals surface area contributed by atoms with Gasteiger partial charge in [0.1, 0.15) is 0 Å². The second kappa shape index (κ2) is 3.91. The van der Waals surface area contributed by atoms with Gasteiger partial charge in [0.15, 0.2) is 0 Å². The van der Waals surface area contributed by atoms with Crippen molar-refractivity contribution in [3.8, 4) is 0 Å². The van der Waals surface area contributed by atoms with E-state index in [1.165, 1.54) is 0 Å². The molecule has 0 aromatic heterocycles. The molecule has 2 aliphatic rings. The number of aliphatic hydroxyl groups excluding tert-OH is 1. The van der Waals surface area contributed by atoms with Crippen molar-refractivity contribution >= 4 is 0 Å². The van der Waals surface area contributed by atoms with Crippen LogP contribution in [0.1, 0.15) is 46.0 Å². The summed E-state index contributed by atoms with van der Waals surface area (Å²) in [6.07, 6.45) is 9.34. The Bertz CT molecular complexity index is 261. The lowest BCUT2D eigenvalue weighted by atomic mass is 9.67. The Hall–Kier alpha value is -0.340. The molecule has 0 saturated carbocycles. The van der Waals surface area contributed by atoms with E-state index in [4.69, 9.17) is 4.74 Å². The van der Waals surface area contributed by atoms with E-state index in [0.717, 1.165) is 38.7 Å². The van der Waals surface area contributed by atoms with Crippen molar-refractivity contribution in [2.75, 3.05) is 6.61 Å². The zero-order valence-corrected chi connectivity index (χ0v) is 9.83. The van der Waals surface area contributed by atoms with E-state index in [9.17, 15) is 5.11 Å². The molecule has 1 aliphatic heterocycles. The van der Waals surface area contributed by atoms with Gasteiger partial charge in [0.2, 0.25) is 0 Å². The molecule has 2 heteroatoms. The Balaban J connectivity index is 2.12. The quantitative estimate of drug-likeness (QED) is 0.674. The predicted octanol–water partition coefficient (Wildman–Crippen LogP) is 2.66. The van der Waals surface area contributed by atoms with Crippen molar-refractivity contribution in [1.29, 1.82) is 0 Å². The number of allylic oxidation sites excluding steroid dienone is 1. The topological polar surface area (TPSA) is 29.5 Å². The number of aliphatic hydroxyl groups is 1. The van der Waals surface area contributed by atoms with Crippen LogP contribution in [0, 0.1) is 5.41 Å². The molecule has 1 fully saturated rings. The summed E-state index contributed by atoms with van der Waals surface area (Å²) in [6, 6.07) is 0. The molecule has 1 aliphatic carbocycles. The fraction of sp³-hybridized carbons (Fsp3) is 0.846. The maximum Gasteiger partial charge on any atom is 0.0721 e. The summed E-state index contributed by atoms with van der Waals surface area (Å²) in [5.41, 5.74) is 0.354. The monoisotopic (exact) mass is 210 g/mol. The van der Waals surface area contributed by atoms with E-state index >= 15 is 0 Å². The minimum Gasteiger partial charge on any atom is -0.389 e. The zero-order chi connectivity index (χ0) is 10.9. The molecule has 15 heavy (non-hydrogen) atoms. The fourth-order valence-electron chi connectivity index (χ4n) is 2.90. The van der Waals surface area contributed by atoms with Gasteiger partial charge in [0.05, 0.1) is 11.7 Å². The van der Waals surface area contributed by atoms with Crippen molar-refractivity contribution in [1.82, 2.24) is 0 Å². The second-order valence-corrected chi connectivity index (χ2v) is 5.41. The predicted molar refractivity (Wildman–Crippen MR) is 60.7 cm³/mol. The largest absolute Gasteiger partial charge is 0.389 e. The van der Waals surface area contributed by atoms with Gasteiger partial charge in [0.25, 0.3) is 0 Å². The van der Waals surface area contributed by atoms with Crippen LogP contribution in [0.4, 0.5) is 0 Å². The summed E-state index contributed by atoms with van der Waals surface area (Å²) < 4.78 is 5.87. The van der Waals surface area contributed by atoms with Gasteiger partial charge < -0.3 is 9.84 Å². The average Bonchev–Trinajstić information content (AvgIpc) is 2.23. The molecule has 1 heterocycles. The van der Waals surface area contributed by atoms with Crippen molar-refractivity contribution in [2.24, 2.45) is 5.41 Å². The maximum absolute atomic E-state index is 9.49. The summed E-state index contributed by atoms with van der Waals surface area (Å²) in [5.74, 6) is 0. The van der Waals surface area contributed by atoms with Crippen LogP contribution >= 0.6 is 0 Å². The molecule has 0 bridgehead atoms. The van der Waals surface area contributed by atoms with Crippen molar-refractivity contribution in [2.45, 2.75) is 57.7 Å². The summed E-state index contributed by atoms with van der Waals surface area (Å²) >= 11 is 0. The first-order valence-corrected chi connectivity index (χ1v) is 6.09. The summed E-state index contributed by atoms with van der Waals surface area (Å²) in [6.45, 7) is 5.28. The lowest BCUT2D eigenvalue weighted by Crippen LogP contribution is -2.43. The molecule has 86 valence electrons. The minimum absolute atomic E-state index is 0.0465. The smallest absolute Gasteiger partial charge is 0.0721 e. The van der Waals surface area contributed by atoms with Gasteiger partial charge in [-0.15, -0.1) is 0 Å². The summed E-state index contributed by atoms with van der Waals surface area (Å²) in [5, 5.41) is 9.49. The molecule has 2 rings (SSSR count). The first-order valence-electron chi connectivity index (χ1n) is 6.09. The molecular weight excluding hydrogens is 188 g/mol. The molecule has 3 atom stereocenters. The van der Waals surface area contributed by atoms with Crippen LogP contribution in [-0.2, 0) is 4.74 Å². The number of ether oxygens (including phenoxy) is 1. The van der Waals surface area contributed by atoms with Crippen LogP contribution in [0.25, 0.3) is 0 Å². The zero-order valence-electron chi connectivity index (χ0n) is 9.83. The van der Waals surface area contributed by atoms with Crippen LogP contribution in [0.5, 0.6) is 0 Å². The van der Waals surface area contributed by atoms with Crippen LogP contribution in [-0.4, -0.2) is 23.4 Å². The number of hydrogen-bond donors (Lipinski definition) is 1. The van der Waals surface area contributed by atoms with Gasteiger partial charge in [-0.05, 0) is 44.4 Å². The van der Waals surface area contributed by atoms with E-state index in [1.807, 2.05) is 6.08 Å². The number of hydrogen-bond acceptors (Lipinski definition) is 2. The third kappa shape index (κ3) is 2.26. The third-order valence-corrected chi connectivity index (χ3v) is 4.13. The van der Waals surface area contributed by atoms with Gasteiger partial charge >= 0.3 is 0 Å². The molecule has 0 unspecified atom stereocenters. The van der Waals surface area contributed by atoms with Gasteiger partial charge in [0, 0.05) is 6.61 Å². The lowest BCUT2D eigenvalue weighted by molar-refractivity contribution is -0.110. The van der Waals surface area contributed by atoms with Gasteiger partial charge in [-0.1, -0.05) is 19.1 Å². The standard InChI is InChI=1S/C13H22O2/c1-3-12(2)10-13(8-9-15-12)6-4-11(14)5-7-13/h4,6,11,14H,3,5,7-10H2,1-2H3/t11-,12+,13+/m1/s1. The molecule has 0 aromatic carbocycles. The van der Waals surface area contributed by atoms with E-state index in [0.29, 0.717) is 5.41 Å². The van der Waals surface area contributed by atoms with Crippen molar-refractivity contribution < 1.29 is 9.84 Å². The molecule has 0 radical (unpaired) electrons. The highest BCUT2D eigenvalue weighted by Crippen LogP contribution is 2.46. The van der Waals surface area contributed by atoms with E-state index in [1.54, 1.807) is 0 Å². The number of rotatable bonds is 1. The molecule has 0 aromatic rings. The highest BCUT2D eigenvalue weighted by Gasteiger charge is 2.41. The van der Waals surface area contributed by atoms with Crippen molar-refractivity contribution in [3.05, 3.63) is 12.2 Å². The second-order valence-electron chi connectivity index (χ2n) is 5.41. The Morgan fingerprint density at radius 2 is 2.27 bits per heavy atom. The van der Waals surface area contributed by atoms with E-state index < -0.39 is 0 Å². The molecule has 1 saturated heterocycles. The SMILES string of the molecule is CC[C@@]1(C)C[C@]2(C=C[C@@H](O)CC2)CCO1. The highest BCUT2D eigenvalue weighted by molar-refractivity contribution is 5.10. The van der Waals surface area contributed by atoms with Gasteiger partial charge in [-0.25, -0.2) is 0 Å². The van der Waals surface area contributed by atoms with Gasteiger partial charge in [-0.3, -0.25) is 0 Å². The van der Waals surface area contributed by atoms with Crippen LogP contribution in [0.15, 0.2) is 12.2 Å². The Morgan fingerprint density at radius 1 is 1.47 bits per heavy atom. The van der Waals surface area contributed by atoms with Crippen LogP contribution in [0.3, 0.4) is 0 Å². The molecule has 1 spiro atoms. The summed E-state index contributed by atoms with van der Waals surface area (Å²) in [7, 11) is 0. The van der Waals surface area contributed by atoms with E-state index in [2.05, 4.69) is 19.9 Å². The average molecular weight is 210 g/mol. The normalized spacial score (nSPS) is 45.9. The first-order chi connectivity index (χ1) is 7.08.